The molecule has 2 rings (SSSR count). The lowest BCUT2D eigenvalue weighted by Gasteiger charge is -2.46. The Balaban J connectivity index is 1.95. The van der Waals surface area contributed by atoms with E-state index in [1.165, 1.54) is 44.9 Å². The SMILES string of the molecule is CCCNC1C(OC2CCC(C)C(C)C2)CCCC1(C)C. The molecular weight excluding hydrogens is 258 g/mol. The zero-order valence-electron chi connectivity index (χ0n) is 15.0. The molecule has 124 valence electrons. The first kappa shape index (κ1) is 17.3. The van der Waals surface area contributed by atoms with Gasteiger partial charge in [-0.1, -0.05) is 41.0 Å². The molecule has 0 aromatic heterocycles. The molecule has 2 saturated carbocycles. The lowest BCUT2D eigenvalue weighted by molar-refractivity contribution is -0.0966. The second-order valence-corrected chi connectivity index (χ2v) is 8.38. The molecule has 1 N–H and O–H groups in total. The van der Waals surface area contributed by atoms with Gasteiger partial charge in [0.1, 0.15) is 0 Å². The highest BCUT2D eigenvalue weighted by Gasteiger charge is 2.40. The van der Waals surface area contributed by atoms with Crippen LogP contribution >= 0.6 is 0 Å². The van der Waals surface area contributed by atoms with Crippen molar-refractivity contribution < 1.29 is 4.74 Å². The lowest BCUT2D eigenvalue weighted by Crippen LogP contribution is -2.54. The Labute approximate surface area is 132 Å². The van der Waals surface area contributed by atoms with Crippen LogP contribution in [-0.4, -0.2) is 24.8 Å². The Morgan fingerprint density at radius 1 is 1.10 bits per heavy atom. The third kappa shape index (κ3) is 4.45. The molecular formula is C19H37NO. The van der Waals surface area contributed by atoms with Gasteiger partial charge in [-0.3, -0.25) is 0 Å². The van der Waals surface area contributed by atoms with Gasteiger partial charge in [0.25, 0.3) is 0 Å². The first-order valence-electron chi connectivity index (χ1n) is 9.33. The highest BCUT2D eigenvalue weighted by atomic mass is 16.5. The van der Waals surface area contributed by atoms with E-state index in [1.54, 1.807) is 0 Å². The predicted octanol–water partition coefficient (Wildman–Crippen LogP) is 4.77. The average molecular weight is 296 g/mol. The van der Waals surface area contributed by atoms with Crippen LogP contribution < -0.4 is 5.32 Å². The van der Waals surface area contributed by atoms with Gasteiger partial charge in [0.05, 0.1) is 12.2 Å². The summed E-state index contributed by atoms with van der Waals surface area (Å²) < 4.78 is 6.63. The van der Waals surface area contributed by atoms with Gasteiger partial charge >= 0.3 is 0 Å². The molecule has 2 nitrogen and oxygen atoms in total. The van der Waals surface area contributed by atoms with Crippen molar-refractivity contribution in [3.8, 4) is 0 Å². The molecule has 2 fully saturated rings. The molecule has 0 saturated heterocycles. The largest absolute Gasteiger partial charge is 0.373 e. The fourth-order valence-electron chi connectivity index (χ4n) is 4.31. The first-order chi connectivity index (χ1) is 9.94. The molecule has 0 aromatic carbocycles. The van der Waals surface area contributed by atoms with Crippen molar-refractivity contribution in [1.29, 1.82) is 0 Å². The topological polar surface area (TPSA) is 21.3 Å². The van der Waals surface area contributed by atoms with E-state index in [0.29, 0.717) is 23.7 Å². The van der Waals surface area contributed by atoms with Crippen molar-refractivity contribution in [3.63, 3.8) is 0 Å². The molecule has 21 heavy (non-hydrogen) atoms. The van der Waals surface area contributed by atoms with Gasteiger partial charge in [0.15, 0.2) is 0 Å². The number of ether oxygens (including phenoxy) is 1. The third-order valence-corrected chi connectivity index (χ3v) is 6.06. The average Bonchev–Trinajstić information content (AvgIpc) is 2.42. The Hall–Kier alpha value is -0.0800. The number of hydrogen-bond acceptors (Lipinski definition) is 2. The minimum Gasteiger partial charge on any atom is -0.373 e. The van der Waals surface area contributed by atoms with Gasteiger partial charge in [-0.2, -0.15) is 0 Å². The fourth-order valence-corrected chi connectivity index (χ4v) is 4.31. The van der Waals surface area contributed by atoms with Gasteiger partial charge in [0, 0.05) is 6.04 Å². The van der Waals surface area contributed by atoms with Crippen LogP contribution in [0.25, 0.3) is 0 Å². The molecule has 0 bridgehead atoms. The van der Waals surface area contributed by atoms with E-state index in [-0.39, 0.29) is 0 Å². The standard InChI is InChI=1S/C19H37NO/c1-6-12-20-18-17(8-7-11-19(18,4)5)21-16-10-9-14(2)15(3)13-16/h14-18,20H,6-13H2,1-5H3. The van der Waals surface area contributed by atoms with Gasteiger partial charge in [-0.15, -0.1) is 0 Å². The number of rotatable bonds is 5. The van der Waals surface area contributed by atoms with E-state index in [0.717, 1.165) is 18.4 Å². The monoisotopic (exact) mass is 295 g/mol. The van der Waals surface area contributed by atoms with Gasteiger partial charge in [-0.05, 0) is 62.3 Å². The van der Waals surface area contributed by atoms with E-state index in [1.807, 2.05) is 0 Å². The summed E-state index contributed by atoms with van der Waals surface area (Å²) in [6, 6.07) is 0.529. The molecule has 0 radical (unpaired) electrons. The summed E-state index contributed by atoms with van der Waals surface area (Å²) >= 11 is 0. The van der Waals surface area contributed by atoms with E-state index >= 15 is 0 Å². The minimum absolute atomic E-state index is 0.367. The Morgan fingerprint density at radius 2 is 1.86 bits per heavy atom. The highest BCUT2D eigenvalue weighted by Crippen LogP contribution is 2.39. The van der Waals surface area contributed by atoms with Crippen LogP contribution in [0.4, 0.5) is 0 Å². The molecule has 2 aliphatic rings. The number of nitrogens with one attached hydrogen (secondary N) is 1. The molecule has 0 aromatic rings. The Kier molecular flexibility index (Phi) is 6.14. The molecule has 5 atom stereocenters. The van der Waals surface area contributed by atoms with Crippen LogP contribution in [0.3, 0.4) is 0 Å². The van der Waals surface area contributed by atoms with Crippen molar-refractivity contribution in [2.75, 3.05) is 6.54 Å². The third-order valence-electron chi connectivity index (χ3n) is 6.06. The van der Waals surface area contributed by atoms with E-state index in [4.69, 9.17) is 4.74 Å². The first-order valence-corrected chi connectivity index (χ1v) is 9.33. The molecule has 0 amide bonds. The van der Waals surface area contributed by atoms with Gasteiger partial charge in [-0.25, -0.2) is 0 Å². The molecule has 0 spiro atoms. The molecule has 2 heteroatoms. The van der Waals surface area contributed by atoms with Crippen LogP contribution in [0, 0.1) is 17.3 Å². The minimum atomic E-state index is 0.367. The summed E-state index contributed by atoms with van der Waals surface area (Å²) in [5.74, 6) is 1.70. The van der Waals surface area contributed by atoms with Gasteiger partial charge < -0.3 is 10.1 Å². The van der Waals surface area contributed by atoms with Crippen LogP contribution in [0.2, 0.25) is 0 Å². The predicted molar refractivity (Wildman–Crippen MR) is 90.6 cm³/mol. The van der Waals surface area contributed by atoms with Crippen LogP contribution in [0.1, 0.15) is 79.6 Å². The highest BCUT2D eigenvalue weighted by molar-refractivity contribution is 4.95. The van der Waals surface area contributed by atoms with Crippen LogP contribution in [-0.2, 0) is 4.74 Å². The molecule has 0 aliphatic heterocycles. The van der Waals surface area contributed by atoms with Crippen LogP contribution in [0.5, 0.6) is 0 Å². The molecule has 5 unspecified atom stereocenters. The maximum Gasteiger partial charge on any atom is 0.0737 e. The quantitative estimate of drug-likeness (QED) is 0.788. The van der Waals surface area contributed by atoms with Gasteiger partial charge in [0.2, 0.25) is 0 Å². The summed E-state index contributed by atoms with van der Waals surface area (Å²) in [6.45, 7) is 13.0. The van der Waals surface area contributed by atoms with E-state index < -0.39 is 0 Å². The number of hydrogen-bond donors (Lipinski definition) is 1. The second kappa shape index (κ2) is 7.46. The van der Waals surface area contributed by atoms with Crippen molar-refractivity contribution in [2.45, 2.75) is 97.8 Å². The zero-order chi connectivity index (χ0) is 15.5. The normalized spacial score (nSPS) is 40.1. The summed E-state index contributed by atoms with van der Waals surface area (Å²) in [5, 5.41) is 3.80. The summed E-state index contributed by atoms with van der Waals surface area (Å²) in [4.78, 5) is 0. The van der Waals surface area contributed by atoms with Crippen molar-refractivity contribution in [1.82, 2.24) is 5.32 Å². The summed E-state index contributed by atoms with van der Waals surface area (Å²) in [5.41, 5.74) is 0.367. The lowest BCUT2D eigenvalue weighted by atomic mass is 9.71. The second-order valence-electron chi connectivity index (χ2n) is 8.38. The zero-order valence-corrected chi connectivity index (χ0v) is 15.0. The summed E-state index contributed by atoms with van der Waals surface area (Å²) in [6.07, 6.45) is 9.89. The molecule has 2 aliphatic carbocycles. The Morgan fingerprint density at radius 3 is 2.52 bits per heavy atom. The van der Waals surface area contributed by atoms with Crippen molar-refractivity contribution in [2.24, 2.45) is 17.3 Å². The molecule has 0 heterocycles. The Bertz CT molecular complexity index is 315. The van der Waals surface area contributed by atoms with E-state index in [2.05, 4.69) is 39.9 Å². The van der Waals surface area contributed by atoms with Crippen molar-refractivity contribution >= 4 is 0 Å². The smallest absolute Gasteiger partial charge is 0.0737 e. The maximum absolute atomic E-state index is 6.63. The van der Waals surface area contributed by atoms with Crippen molar-refractivity contribution in [3.05, 3.63) is 0 Å². The fraction of sp³-hybridized carbons (Fsp3) is 1.00. The maximum atomic E-state index is 6.63. The summed E-state index contributed by atoms with van der Waals surface area (Å²) in [7, 11) is 0. The van der Waals surface area contributed by atoms with Crippen LogP contribution in [0.15, 0.2) is 0 Å². The van der Waals surface area contributed by atoms with E-state index in [9.17, 15) is 0 Å².